The van der Waals surface area contributed by atoms with Crippen LogP contribution in [0.1, 0.15) is 5.69 Å². The van der Waals surface area contributed by atoms with Gasteiger partial charge in [-0.1, -0.05) is 18.2 Å². The quantitative estimate of drug-likeness (QED) is 0.821. The van der Waals surface area contributed by atoms with Gasteiger partial charge in [-0.3, -0.25) is 0 Å². The SMILES string of the molecule is Cc1ccc(OCCOc2ccccc2)c(N)n1. The molecule has 1 aromatic heterocycles. The maximum absolute atomic E-state index is 5.74. The Morgan fingerprint density at radius 2 is 1.72 bits per heavy atom. The third kappa shape index (κ3) is 3.38. The lowest BCUT2D eigenvalue weighted by Crippen LogP contribution is -2.10. The van der Waals surface area contributed by atoms with Crippen molar-refractivity contribution < 1.29 is 9.47 Å². The van der Waals surface area contributed by atoms with Gasteiger partial charge in [0.2, 0.25) is 0 Å². The van der Waals surface area contributed by atoms with Crippen molar-refractivity contribution in [1.29, 1.82) is 0 Å². The van der Waals surface area contributed by atoms with Crippen LogP contribution >= 0.6 is 0 Å². The lowest BCUT2D eigenvalue weighted by molar-refractivity contribution is 0.217. The van der Waals surface area contributed by atoms with E-state index in [1.54, 1.807) is 0 Å². The summed E-state index contributed by atoms with van der Waals surface area (Å²) < 4.78 is 11.0. The minimum atomic E-state index is 0.412. The number of nitrogens with zero attached hydrogens (tertiary/aromatic N) is 1. The molecule has 18 heavy (non-hydrogen) atoms. The Bertz CT molecular complexity index is 500. The number of aromatic nitrogens is 1. The average Bonchev–Trinajstić information content (AvgIpc) is 2.38. The smallest absolute Gasteiger partial charge is 0.166 e. The van der Waals surface area contributed by atoms with Crippen molar-refractivity contribution in [3.05, 3.63) is 48.2 Å². The van der Waals surface area contributed by atoms with Crippen LogP contribution in [0.25, 0.3) is 0 Å². The summed E-state index contributed by atoms with van der Waals surface area (Å²) in [6, 6.07) is 13.3. The fourth-order valence-electron chi connectivity index (χ4n) is 1.51. The highest BCUT2D eigenvalue weighted by molar-refractivity contribution is 5.46. The minimum Gasteiger partial charge on any atom is -0.490 e. The summed E-state index contributed by atoms with van der Waals surface area (Å²) in [5.74, 6) is 1.84. The molecule has 0 spiro atoms. The highest BCUT2D eigenvalue weighted by Gasteiger charge is 2.01. The summed E-state index contributed by atoms with van der Waals surface area (Å²) in [5.41, 5.74) is 6.61. The first-order chi connectivity index (χ1) is 8.75. The van der Waals surface area contributed by atoms with Gasteiger partial charge in [-0.15, -0.1) is 0 Å². The van der Waals surface area contributed by atoms with E-state index >= 15 is 0 Å². The van der Waals surface area contributed by atoms with Crippen LogP contribution in [-0.2, 0) is 0 Å². The molecular formula is C14H16N2O2. The van der Waals surface area contributed by atoms with Gasteiger partial charge in [0.1, 0.15) is 19.0 Å². The summed E-state index contributed by atoms with van der Waals surface area (Å²) in [7, 11) is 0. The van der Waals surface area contributed by atoms with Gasteiger partial charge in [-0.25, -0.2) is 4.98 Å². The average molecular weight is 244 g/mol. The number of para-hydroxylation sites is 1. The molecule has 1 heterocycles. The van der Waals surface area contributed by atoms with E-state index in [1.807, 2.05) is 49.4 Å². The highest BCUT2D eigenvalue weighted by atomic mass is 16.5. The van der Waals surface area contributed by atoms with Crippen molar-refractivity contribution in [2.45, 2.75) is 6.92 Å². The number of aryl methyl sites for hydroxylation is 1. The summed E-state index contributed by atoms with van der Waals surface area (Å²) in [6.45, 7) is 2.79. The predicted molar refractivity (Wildman–Crippen MR) is 70.8 cm³/mol. The molecule has 0 fully saturated rings. The van der Waals surface area contributed by atoms with Gasteiger partial charge in [0.05, 0.1) is 0 Å². The second kappa shape index (κ2) is 5.91. The van der Waals surface area contributed by atoms with Gasteiger partial charge >= 0.3 is 0 Å². The molecule has 2 rings (SSSR count). The molecule has 2 N–H and O–H groups in total. The van der Waals surface area contributed by atoms with Crippen molar-refractivity contribution in [1.82, 2.24) is 4.98 Å². The zero-order valence-electron chi connectivity index (χ0n) is 10.3. The number of hydrogen-bond donors (Lipinski definition) is 1. The normalized spacial score (nSPS) is 10.1. The second-order valence-electron chi connectivity index (χ2n) is 3.85. The third-order valence-corrected chi connectivity index (χ3v) is 2.38. The molecule has 4 nitrogen and oxygen atoms in total. The van der Waals surface area contributed by atoms with Gasteiger partial charge in [0, 0.05) is 5.69 Å². The van der Waals surface area contributed by atoms with Crippen LogP contribution in [0.2, 0.25) is 0 Å². The predicted octanol–water partition coefficient (Wildman–Crippen LogP) is 2.43. The molecule has 1 aromatic carbocycles. The maximum atomic E-state index is 5.74. The summed E-state index contributed by atoms with van der Waals surface area (Å²) >= 11 is 0. The van der Waals surface area contributed by atoms with Crippen molar-refractivity contribution in [3.8, 4) is 11.5 Å². The van der Waals surface area contributed by atoms with Crippen LogP contribution in [0.4, 0.5) is 5.82 Å². The Balaban J connectivity index is 1.79. The van der Waals surface area contributed by atoms with E-state index in [0.29, 0.717) is 24.8 Å². The van der Waals surface area contributed by atoms with Gasteiger partial charge < -0.3 is 15.2 Å². The summed E-state index contributed by atoms with van der Waals surface area (Å²) in [5, 5.41) is 0. The lowest BCUT2D eigenvalue weighted by Gasteiger charge is -2.09. The summed E-state index contributed by atoms with van der Waals surface area (Å²) in [4.78, 5) is 4.12. The Kier molecular flexibility index (Phi) is 4.02. The first-order valence-electron chi connectivity index (χ1n) is 5.79. The Morgan fingerprint density at radius 3 is 2.44 bits per heavy atom. The molecule has 0 amide bonds. The molecule has 94 valence electrons. The molecule has 0 aliphatic carbocycles. The van der Waals surface area contributed by atoms with E-state index in [-0.39, 0.29) is 0 Å². The number of pyridine rings is 1. The second-order valence-corrected chi connectivity index (χ2v) is 3.85. The van der Waals surface area contributed by atoms with Gasteiger partial charge in [-0.05, 0) is 31.2 Å². The van der Waals surface area contributed by atoms with Gasteiger partial charge in [0.15, 0.2) is 11.6 Å². The van der Waals surface area contributed by atoms with E-state index in [4.69, 9.17) is 15.2 Å². The number of rotatable bonds is 5. The van der Waals surface area contributed by atoms with E-state index in [0.717, 1.165) is 11.4 Å². The van der Waals surface area contributed by atoms with Crippen LogP contribution in [0.15, 0.2) is 42.5 Å². The van der Waals surface area contributed by atoms with Crippen molar-refractivity contribution in [2.24, 2.45) is 0 Å². The van der Waals surface area contributed by atoms with Gasteiger partial charge in [-0.2, -0.15) is 0 Å². The molecule has 0 saturated carbocycles. The van der Waals surface area contributed by atoms with Crippen LogP contribution in [-0.4, -0.2) is 18.2 Å². The zero-order chi connectivity index (χ0) is 12.8. The Hall–Kier alpha value is -2.23. The number of benzene rings is 1. The number of anilines is 1. The first kappa shape index (κ1) is 12.2. The van der Waals surface area contributed by atoms with E-state index in [1.165, 1.54) is 0 Å². The molecule has 0 aliphatic heterocycles. The van der Waals surface area contributed by atoms with Crippen LogP contribution in [0.5, 0.6) is 11.5 Å². The molecule has 0 radical (unpaired) electrons. The number of ether oxygens (including phenoxy) is 2. The van der Waals surface area contributed by atoms with Crippen molar-refractivity contribution in [3.63, 3.8) is 0 Å². The Morgan fingerprint density at radius 1 is 1.00 bits per heavy atom. The number of nitrogen functional groups attached to an aromatic ring is 1. The molecule has 0 aliphatic rings. The van der Waals surface area contributed by atoms with Crippen molar-refractivity contribution >= 4 is 5.82 Å². The van der Waals surface area contributed by atoms with Crippen LogP contribution in [0, 0.1) is 6.92 Å². The third-order valence-electron chi connectivity index (χ3n) is 2.38. The van der Waals surface area contributed by atoms with E-state index in [9.17, 15) is 0 Å². The molecular weight excluding hydrogens is 228 g/mol. The fourth-order valence-corrected chi connectivity index (χ4v) is 1.51. The number of hydrogen-bond acceptors (Lipinski definition) is 4. The van der Waals surface area contributed by atoms with E-state index in [2.05, 4.69) is 4.98 Å². The zero-order valence-corrected chi connectivity index (χ0v) is 10.3. The van der Waals surface area contributed by atoms with E-state index < -0.39 is 0 Å². The molecule has 0 atom stereocenters. The topological polar surface area (TPSA) is 57.4 Å². The molecule has 0 saturated heterocycles. The fraction of sp³-hybridized carbons (Fsp3) is 0.214. The standard InChI is InChI=1S/C14H16N2O2/c1-11-7-8-13(14(15)16-11)18-10-9-17-12-5-3-2-4-6-12/h2-8H,9-10H2,1H3,(H2,15,16). The highest BCUT2D eigenvalue weighted by Crippen LogP contribution is 2.18. The number of nitrogens with two attached hydrogens (primary N) is 1. The van der Waals surface area contributed by atoms with Crippen LogP contribution in [0.3, 0.4) is 0 Å². The summed E-state index contributed by atoms with van der Waals surface area (Å²) in [6.07, 6.45) is 0. The first-order valence-corrected chi connectivity index (χ1v) is 5.79. The molecule has 0 unspecified atom stereocenters. The largest absolute Gasteiger partial charge is 0.490 e. The molecule has 0 bridgehead atoms. The van der Waals surface area contributed by atoms with Crippen molar-refractivity contribution in [2.75, 3.05) is 18.9 Å². The molecule has 2 aromatic rings. The monoisotopic (exact) mass is 244 g/mol. The lowest BCUT2D eigenvalue weighted by atomic mass is 10.3. The molecule has 4 heteroatoms. The van der Waals surface area contributed by atoms with Crippen LogP contribution < -0.4 is 15.2 Å². The maximum Gasteiger partial charge on any atom is 0.166 e. The van der Waals surface area contributed by atoms with Gasteiger partial charge in [0.25, 0.3) is 0 Å². The minimum absolute atomic E-state index is 0.412. The Labute approximate surface area is 106 Å².